The fourth-order valence-electron chi connectivity index (χ4n) is 3.53. The zero-order valence-corrected chi connectivity index (χ0v) is 14.4. The van der Waals surface area contributed by atoms with Gasteiger partial charge < -0.3 is 10.0 Å². The van der Waals surface area contributed by atoms with Gasteiger partial charge in [-0.1, -0.05) is 30.3 Å². The van der Waals surface area contributed by atoms with Crippen LogP contribution in [-0.2, 0) is 0 Å². The fourth-order valence-corrected chi connectivity index (χ4v) is 3.53. The van der Waals surface area contributed by atoms with E-state index in [-0.39, 0.29) is 5.82 Å². The van der Waals surface area contributed by atoms with Gasteiger partial charge in [0.25, 0.3) is 0 Å². The Bertz CT molecular complexity index is 736. The van der Waals surface area contributed by atoms with Crippen LogP contribution in [-0.4, -0.2) is 42.3 Å². The second-order valence-electron chi connectivity index (χ2n) is 6.53. The Balaban J connectivity index is 1.90. The molecule has 1 fully saturated rings. The van der Waals surface area contributed by atoms with Gasteiger partial charge in [-0.3, -0.25) is 4.90 Å². The van der Waals surface area contributed by atoms with Crippen LogP contribution in [0.3, 0.4) is 0 Å². The van der Waals surface area contributed by atoms with Crippen LogP contribution in [0.5, 0.6) is 0 Å². The largest absolute Gasteiger partial charge is 0.465 e. The van der Waals surface area contributed by atoms with Crippen molar-refractivity contribution in [1.82, 2.24) is 4.90 Å². The molecule has 1 amide bonds. The summed E-state index contributed by atoms with van der Waals surface area (Å²) >= 11 is 0. The molecule has 0 aromatic heterocycles. The van der Waals surface area contributed by atoms with Crippen LogP contribution in [0.15, 0.2) is 48.5 Å². The molecule has 1 atom stereocenters. The average Bonchev–Trinajstić information content (AvgIpc) is 3.02. The zero-order chi connectivity index (χ0) is 17.8. The van der Waals surface area contributed by atoms with E-state index in [0.717, 1.165) is 31.4 Å². The summed E-state index contributed by atoms with van der Waals surface area (Å²) in [5.74, 6) is -0.372. The van der Waals surface area contributed by atoms with Gasteiger partial charge in [-0.05, 0) is 56.6 Å². The minimum absolute atomic E-state index is 0.372. The third-order valence-electron chi connectivity index (χ3n) is 4.92. The van der Waals surface area contributed by atoms with Gasteiger partial charge in [0, 0.05) is 18.2 Å². The molecule has 0 spiro atoms. The summed E-state index contributed by atoms with van der Waals surface area (Å²) in [5, 5.41) is 9.73. The SMILES string of the molecule is CN1CCCC1CCN(C(=O)O)c1ccc(F)cc1-c1ccccc1. The Morgan fingerprint density at radius 2 is 2.04 bits per heavy atom. The molecule has 1 aliphatic heterocycles. The maximum absolute atomic E-state index is 13.8. The molecule has 1 heterocycles. The molecule has 0 aliphatic carbocycles. The second kappa shape index (κ2) is 7.66. The molecule has 5 heteroatoms. The summed E-state index contributed by atoms with van der Waals surface area (Å²) in [7, 11) is 2.08. The molecule has 25 heavy (non-hydrogen) atoms. The fraction of sp³-hybridized carbons (Fsp3) is 0.350. The van der Waals surface area contributed by atoms with Gasteiger partial charge in [-0.15, -0.1) is 0 Å². The maximum atomic E-state index is 13.8. The van der Waals surface area contributed by atoms with E-state index in [0.29, 0.717) is 23.8 Å². The number of nitrogens with zero attached hydrogens (tertiary/aromatic N) is 2. The van der Waals surface area contributed by atoms with Crippen molar-refractivity contribution in [2.45, 2.75) is 25.3 Å². The molecule has 0 radical (unpaired) electrons. The van der Waals surface area contributed by atoms with Crippen LogP contribution in [0.2, 0.25) is 0 Å². The van der Waals surface area contributed by atoms with E-state index in [1.165, 1.54) is 17.0 Å². The molecule has 2 aromatic carbocycles. The van der Waals surface area contributed by atoms with Crippen molar-refractivity contribution in [3.05, 3.63) is 54.3 Å². The highest BCUT2D eigenvalue weighted by atomic mass is 19.1. The van der Waals surface area contributed by atoms with Gasteiger partial charge in [-0.25, -0.2) is 9.18 Å². The molecule has 0 bridgehead atoms. The van der Waals surface area contributed by atoms with Gasteiger partial charge in [-0.2, -0.15) is 0 Å². The van der Waals surface area contributed by atoms with Crippen LogP contribution in [0.25, 0.3) is 11.1 Å². The Labute approximate surface area is 147 Å². The minimum Gasteiger partial charge on any atom is -0.465 e. The van der Waals surface area contributed by atoms with Crippen molar-refractivity contribution < 1.29 is 14.3 Å². The molecule has 1 unspecified atom stereocenters. The maximum Gasteiger partial charge on any atom is 0.411 e. The quantitative estimate of drug-likeness (QED) is 0.872. The number of anilines is 1. The van der Waals surface area contributed by atoms with Crippen LogP contribution >= 0.6 is 0 Å². The average molecular weight is 342 g/mol. The number of hydrogen-bond acceptors (Lipinski definition) is 2. The van der Waals surface area contributed by atoms with E-state index in [2.05, 4.69) is 11.9 Å². The van der Waals surface area contributed by atoms with E-state index in [9.17, 15) is 14.3 Å². The first-order chi connectivity index (χ1) is 12.1. The Kier molecular flexibility index (Phi) is 5.34. The molecular weight excluding hydrogens is 319 g/mol. The van der Waals surface area contributed by atoms with Gasteiger partial charge in [0.05, 0.1) is 5.69 Å². The van der Waals surface area contributed by atoms with Crippen molar-refractivity contribution in [3.63, 3.8) is 0 Å². The Morgan fingerprint density at radius 3 is 2.68 bits per heavy atom. The first-order valence-electron chi connectivity index (χ1n) is 8.62. The predicted octanol–water partition coefficient (Wildman–Crippen LogP) is 4.46. The van der Waals surface area contributed by atoms with E-state index in [4.69, 9.17) is 0 Å². The van der Waals surface area contributed by atoms with Gasteiger partial charge in [0.1, 0.15) is 5.82 Å². The number of carboxylic acid groups (broad SMARTS) is 1. The highest BCUT2D eigenvalue weighted by Crippen LogP contribution is 2.32. The molecule has 1 aliphatic rings. The predicted molar refractivity (Wildman–Crippen MR) is 97.5 cm³/mol. The van der Waals surface area contributed by atoms with E-state index in [1.807, 2.05) is 30.3 Å². The zero-order valence-electron chi connectivity index (χ0n) is 14.4. The standard InChI is InChI=1S/C20H23FN2O2/c1-22-12-5-8-17(22)11-13-23(20(24)25)19-10-9-16(21)14-18(19)15-6-3-2-4-7-15/h2-4,6-7,9-10,14,17H,5,8,11-13H2,1H3,(H,24,25). The summed E-state index contributed by atoms with van der Waals surface area (Å²) in [6.07, 6.45) is 2.01. The van der Waals surface area contributed by atoms with E-state index < -0.39 is 6.09 Å². The summed E-state index contributed by atoms with van der Waals surface area (Å²) in [4.78, 5) is 15.5. The molecule has 1 saturated heterocycles. The number of amides is 1. The van der Waals surface area contributed by atoms with Crippen molar-refractivity contribution in [2.24, 2.45) is 0 Å². The molecule has 4 nitrogen and oxygen atoms in total. The topological polar surface area (TPSA) is 43.8 Å². The number of carbonyl (C=O) groups is 1. The monoisotopic (exact) mass is 342 g/mol. The van der Waals surface area contributed by atoms with Crippen molar-refractivity contribution >= 4 is 11.8 Å². The minimum atomic E-state index is -1.01. The lowest BCUT2D eigenvalue weighted by molar-refractivity contribution is 0.200. The Hall–Kier alpha value is -2.40. The normalized spacial score (nSPS) is 17.6. The summed E-state index contributed by atoms with van der Waals surface area (Å²) in [6.45, 7) is 1.46. The van der Waals surface area contributed by atoms with Crippen molar-refractivity contribution in [2.75, 3.05) is 25.0 Å². The lowest BCUT2D eigenvalue weighted by Gasteiger charge is -2.26. The third kappa shape index (κ3) is 3.99. The van der Waals surface area contributed by atoms with Gasteiger partial charge in [0.2, 0.25) is 0 Å². The highest BCUT2D eigenvalue weighted by molar-refractivity contribution is 5.92. The number of benzene rings is 2. The van der Waals surface area contributed by atoms with Gasteiger partial charge in [0.15, 0.2) is 0 Å². The molecule has 0 saturated carbocycles. The summed E-state index contributed by atoms with van der Waals surface area (Å²) < 4.78 is 13.8. The second-order valence-corrected chi connectivity index (χ2v) is 6.53. The van der Waals surface area contributed by atoms with Crippen molar-refractivity contribution in [3.8, 4) is 11.1 Å². The van der Waals surface area contributed by atoms with Gasteiger partial charge >= 0.3 is 6.09 Å². The van der Waals surface area contributed by atoms with E-state index >= 15 is 0 Å². The van der Waals surface area contributed by atoms with Crippen molar-refractivity contribution in [1.29, 1.82) is 0 Å². The van der Waals surface area contributed by atoms with Crippen LogP contribution < -0.4 is 4.90 Å². The first kappa shape index (κ1) is 17.4. The molecule has 3 rings (SSSR count). The highest BCUT2D eigenvalue weighted by Gasteiger charge is 2.24. The van der Waals surface area contributed by atoms with Crippen LogP contribution in [0.4, 0.5) is 14.9 Å². The third-order valence-corrected chi connectivity index (χ3v) is 4.92. The smallest absolute Gasteiger partial charge is 0.411 e. The molecule has 2 aromatic rings. The lowest BCUT2D eigenvalue weighted by Crippen LogP contribution is -2.35. The number of hydrogen-bond donors (Lipinski definition) is 1. The molecular formula is C20H23FN2O2. The number of halogens is 1. The Morgan fingerprint density at radius 1 is 1.28 bits per heavy atom. The van der Waals surface area contributed by atoms with Crippen LogP contribution in [0, 0.1) is 5.82 Å². The molecule has 132 valence electrons. The number of likely N-dealkylation sites (tertiary alicyclic amines) is 1. The van der Waals surface area contributed by atoms with E-state index in [1.54, 1.807) is 6.07 Å². The van der Waals surface area contributed by atoms with Crippen LogP contribution in [0.1, 0.15) is 19.3 Å². The first-order valence-corrected chi connectivity index (χ1v) is 8.62. The summed E-state index contributed by atoms with van der Waals surface area (Å²) in [5.41, 5.74) is 1.93. The summed E-state index contributed by atoms with van der Waals surface area (Å²) in [6, 6.07) is 14.0. The number of rotatable bonds is 5. The lowest BCUT2D eigenvalue weighted by atomic mass is 10.0. The molecule has 1 N–H and O–H groups in total.